The highest BCUT2D eigenvalue weighted by atomic mass is 35.5. The lowest BCUT2D eigenvalue weighted by molar-refractivity contribution is 1.64. The molecular formula is C30H16Cl2. The van der Waals surface area contributed by atoms with E-state index in [9.17, 15) is 0 Å². The Kier molecular flexibility index (Phi) is 5.58. The Morgan fingerprint density at radius 3 is 1.53 bits per heavy atom. The molecule has 150 valence electrons. The van der Waals surface area contributed by atoms with Crippen molar-refractivity contribution in [2.45, 2.75) is 0 Å². The van der Waals surface area contributed by atoms with Crippen molar-refractivity contribution in [2.75, 3.05) is 0 Å². The minimum absolute atomic E-state index is 0.495. The molecule has 0 radical (unpaired) electrons. The second-order valence-corrected chi connectivity index (χ2v) is 8.10. The van der Waals surface area contributed by atoms with Gasteiger partial charge < -0.3 is 0 Å². The van der Waals surface area contributed by atoms with Crippen LogP contribution in [-0.4, -0.2) is 0 Å². The highest BCUT2D eigenvalue weighted by molar-refractivity contribution is 6.46. The molecule has 32 heavy (non-hydrogen) atoms. The Bertz CT molecular complexity index is 1580. The molecule has 2 heteroatoms. The van der Waals surface area contributed by atoms with Gasteiger partial charge in [-0.2, -0.15) is 0 Å². The Morgan fingerprint density at radius 1 is 0.438 bits per heavy atom. The molecule has 0 aliphatic heterocycles. The molecule has 0 saturated carbocycles. The smallest absolute Gasteiger partial charge is 0.0683 e. The molecule has 5 aromatic carbocycles. The lowest BCUT2D eigenvalue weighted by Crippen LogP contribution is -1.92. The average Bonchev–Trinajstić information content (AvgIpc) is 2.85. The van der Waals surface area contributed by atoms with Crippen LogP contribution in [0.25, 0.3) is 21.5 Å². The van der Waals surface area contributed by atoms with Gasteiger partial charge in [-0.3, -0.25) is 0 Å². The van der Waals surface area contributed by atoms with Crippen LogP contribution in [0.4, 0.5) is 0 Å². The van der Waals surface area contributed by atoms with Crippen molar-refractivity contribution < 1.29 is 0 Å². The maximum absolute atomic E-state index is 6.75. The van der Waals surface area contributed by atoms with E-state index in [1.54, 1.807) is 0 Å². The first-order chi connectivity index (χ1) is 15.7. The van der Waals surface area contributed by atoms with Crippen molar-refractivity contribution >= 4 is 44.7 Å². The van der Waals surface area contributed by atoms with Crippen molar-refractivity contribution in [1.29, 1.82) is 0 Å². The summed E-state index contributed by atoms with van der Waals surface area (Å²) in [5, 5.41) is 4.82. The van der Waals surface area contributed by atoms with Gasteiger partial charge in [-0.15, -0.1) is 0 Å². The maximum Gasteiger partial charge on any atom is 0.0683 e. The van der Waals surface area contributed by atoms with Crippen LogP contribution in [0.15, 0.2) is 97.1 Å². The van der Waals surface area contributed by atoms with E-state index in [0.717, 1.165) is 43.8 Å². The Hall–Kier alpha value is -3.68. The van der Waals surface area contributed by atoms with Gasteiger partial charge in [-0.25, -0.2) is 0 Å². The number of hydrogen-bond donors (Lipinski definition) is 0. The van der Waals surface area contributed by atoms with Crippen LogP contribution in [0.3, 0.4) is 0 Å². The second kappa shape index (κ2) is 8.82. The molecular weight excluding hydrogens is 431 g/mol. The standard InChI is InChI=1S/C30H16Cl2/c31-28-20-19-27-25(17-15-21-9-3-1-4-10-21)23-13-7-8-14-24(23)26(29(27)30(28)32)18-16-22-11-5-2-6-12-22/h1-14,19-20H. The first-order valence-electron chi connectivity index (χ1n) is 10.2. The van der Waals surface area contributed by atoms with Gasteiger partial charge in [-0.05, 0) is 41.1 Å². The largest absolute Gasteiger partial charge is 0.0827 e. The van der Waals surface area contributed by atoms with E-state index in [2.05, 4.69) is 35.8 Å². The highest BCUT2D eigenvalue weighted by Gasteiger charge is 2.16. The molecule has 0 aliphatic carbocycles. The predicted octanol–water partition coefficient (Wildman–Crippen LogP) is 8.10. The number of fused-ring (bicyclic) bond motifs is 2. The average molecular weight is 447 g/mol. The summed E-state index contributed by atoms with van der Waals surface area (Å²) in [6.07, 6.45) is 0. The van der Waals surface area contributed by atoms with Crippen LogP contribution >= 0.6 is 23.2 Å². The zero-order chi connectivity index (χ0) is 21.9. The van der Waals surface area contributed by atoms with E-state index < -0.39 is 0 Å². The Labute approximate surface area is 197 Å². The van der Waals surface area contributed by atoms with E-state index in [1.165, 1.54) is 0 Å². The molecule has 0 atom stereocenters. The van der Waals surface area contributed by atoms with E-state index in [1.807, 2.05) is 84.9 Å². The molecule has 0 heterocycles. The Morgan fingerprint density at radius 2 is 0.938 bits per heavy atom. The molecule has 0 nitrogen and oxygen atoms in total. The summed E-state index contributed by atoms with van der Waals surface area (Å²) in [6, 6.07) is 31.9. The van der Waals surface area contributed by atoms with Gasteiger partial charge in [0.05, 0.1) is 10.0 Å². The van der Waals surface area contributed by atoms with Crippen LogP contribution in [0, 0.1) is 23.7 Å². The second-order valence-electron chi connectivity index (χ2n) is 7.31. The third kappa shape index (κ3) is 3.84. The van der Waals surface area contributed by atoms with Gasteiger partial charge in [0.1, 0.15) is 0 Å². The molecule has 0 N–H and O–H groups in total. The number of rotatable bonds is 0. The van der Waals surface area contributed by atoms with Crippen molar-refractivity contribution in [3.63, 3.8) is 0 Å². The molecule has 0 bridgehead atoms. The fourth-order valence-electron chi connectivity index (χ4n) is 3.78. The lowest BCUT2D eigenvalue weighted by Gasteiger charge is -2.13. The molecule has 5 rings (SSSR count). The molecule has 5 aromatic rings. The van der Waals surface area contributed by atoms with Gasteiger partial charge >= 0.3 is 0 Å². The van der Waals surface area contributed by atoms with Crippen LogP contribution in [0.5, 0.6) is 0 Å². The van der Waals surface area contributed by atoms with Crippen molar-refractivity contribution in [1.82, 2.24) is 0 Å². The third-order valence-electron chi connectivity index (χ3n) is 5.29. The van der Waals surface area contributed by atoms with Gasteiger partial charge in [0, 0.05) is 33.0 Å². The molecule has 0 fully saturated rings. The van der Waals surface area contributed by atoms with E-state index >= 15 is 0 Å². The summed E-state index contributed by atoms with van der Waals surface area (Å²) in [4.78, 5) is 0. The van der Waals surface area contributed by atoms with Crippen LogP contribution in [0.2, 0.25) is 10.0 Å². The van der Waals surface area contributed by atoms with E-state index in [0.29, 0.717) is 10.0 Å². The SMILES string of the molecule is Clc1ccc2c(C#Cc3ccccc3)c3ccccc3c(C#Cc3ccccc3)c2c1Cl. The number of halogens is 2. The lowest BCUT2D eigenvalue weighted by atomic mass is 9.91. The highest BCUT2D eigenvalue weighted by Crippen LogP contribution is 2.39. The minimum Gasteiger partial charge on any atom is -0.0827 e. The molecule has 0 spiro atoms. The first kappa shape index (κ1) is 20.2. The Balaban J connectivity index is 1.86. The fraction of sp³-hybridized carbons (Fsp3) is 0. The summed E-state index contributed by atoms with van der Waals surface area (Å²) < 4.78 is 0. The van der Waals surface area contributed by atoms with E-state index in [4.69, 9.17) is 23.2 Å². The van der Waals surface area contributed by atoms with Gasteiger partial charge in [0.15, 0.2) is 0 Å². The monoisotopic (exact) mass is 446 g/mol. The molecule has 0 aromatic heterocycles. The summed E-state index contributed by atoms with van der Waals surface area (Å²) in [5.41, 5.74) is 3.68. The van der Waals surface area contributed by atoms with Gasteiger partial charge in [0.25, 0.3) is 0 Å². The third-order valence-corrected chi connectivity index (χ3v) is 6.10. The van der Waals surface area contributed by atoms with Crippen LogP contribution in [-0.2, 0) is 0 Å². The number of benzene rings is 5. The summed E-state index contributed by atoms with van der Waals surface area (Å²) in [7, 11) is 0. The first-order valence-corrected chi connectivity index (χ1v) is 10.9. The maximum atomic E-state index is 6.75. The zero-order valence-electron chi connectivity index (χ0n) is 17.0. The molecule has 0 aliphatic rings. The molecule has 0 saturated heterocycles. The van der Waals surface area contributed by atoms with Crippen LogP contribution < -0.4 is 0 Å². The minimum atomic E-state index is 0.495. The molecule has 0 amide bonds. The summed E-state index contributed by atoms with van der Waals surface area (Å²) in [6.45, 7) is 0. The van der Waals surface area contributed by atoms with E-state index in [-0.39, 0.29) is 0 Å². The topological polar surface area (TPSA) is 0 Å². The van der Waals surface area contributed by atoms with Crippen molar-refractivity contribution in [3.05, 3.63) is 129 Å². The van der Waals surface area contributed by atoms with Crippen LogP contribution in [0.1, 0.15) is 22.3 Å². The normalized spacial score (nSPS) is 10.3. The van der Waals surface area contributed by atoms with Gasteiger partial charge in [0.2, 0.25) is 0 Å². The molecule has 0 unspecified atom stereocenters. The quantitative estimate of drug-likeness (QED) is 0.166. The van der Waals surface area contributed by atoms with Crippen molar-refractivity contribution in [3.8, 4) is 23.7 Å². The van der Waals surface area contributed by atoms with Gasteiger partial charge in [-0.1, -0.05) is 114 Å². The number of hydrogen-bond acceptors (Lipinski definition) is 0. The van der Waals surface area contributed by atoms with Crippen molar-refractivity contribution in [2.24, 2.45) is 0 Å². The summed E-state index contributed by atoms with van der Waals surface area (Å²) >= 11 is 13.2. The zero-order valence-corrected chi connectivity index (χ0v) is 18.5. The predicted molar refractivity (Wildman–Crippen MR) is 136 cm³/mol. The fourth-order valence-corrected chi connectivity index (χ4v) is 4.20. The summed E-state index contributed by atoms with van der Waals surface area (Å²) in [5.74, 6) is 13.3.